The standard InChI is InChI=1S/C13H20N2O/c14-16-10-7-11-1-3-12(4-2-11)13-5-8-15-9-6-13/h1-4,13,15H,5-10,14H2. The summed E-state index contributed by atoms with van der Waals surface area (Å²) in [5.41, 5.74) is 2.77. The van der Waals surface area contributed by atoms with Crippen LogP contribution >= 0.6 is 0 Å². The van der Waals surface area contributed by atoms with Crippen molar-refractivity contribution in [2.75, 3.05) is 19.7 Å². The van der Waals surface area contributed by atoms with E-state index >= 15 is 0 Å². The minimum Gasteiger partial charge on any atom is -0.317 e. The maximum absolute atomic E-state index is 5.02. The summed E-state index contributed by atoms with van der Waals surface area (Å²) >= 11 is 0. The second-order valence-electron chi connectivity index (χ2n) is 4.39. The Bertz CT molecular complexity index is 304. The van der Waals surface area contributed by atoms with Crippen molar-refractivity contribution in [1.29, 1.82) is 0 Å². The van der Waals surface area contributed by atoms with Gasteiger partial charge in [0, 0.05) is 0 Å². The Kier molecular flexibility index (Phi) is 4.34. The van der Waals surface area contributed by atoms with Crippen LogP contribution in [-0.4, -0.2) is 19.7 Å². The zero-order valence-electron chi connectivity index (χ0n) is 9.61. The molecule has 3 heteroatoms. The summed E-state index contributed by atoms with van der Waals surface area (Å²) in [4.78, 5) is 4.58. The molecule has 0 atom stereocenters. The molecule has 2 rings (SSSR count). The van der Waals surface area contributed by atoms with E-state index in [-0.39, 0.29) is 0 Å². The highest BCUT2D eigenvalue weighted by Crippen LogP contribution is 2.25. The lowest BCUT2D eigenvalue weighted by molar-refractivity contribution is 0.141. The minimum atomic E-state index is 0.590. The normalized spacial score (nSPS) is 17.6. The second-order valence-corrected chi connectivity index (χ2v) is 4.39. The lowest BCUT2D eigenvalue weighted by atomic mass is 9.89. The summed E-state index contributed by atoms with van der Waals surface area (Å²) < 4.78 is 0. The summed E-state index contributed by atoms with van der Waals surface area (Å²) in [6, 6.07) is 8.89. The molecule has 1 saturated heterocycles. The van der Waals surface area contributed by atoms with Crippen LogP contribution in [0.15, 0.2) is 24.3 Å². The van der Waals surface area contributed by atoms with Gasteiger partial charge in [0.15, 0.2) is 0 Å². The summed E-state index contributed by atoms with van der Waals surface area (Å²) in [6.07, 6.45) is 3.40. The van der Waals surface area contributed by atoms with Crippen LogP contribution < -0.4 is 11.2 Å². The number of hydrogen-bond donors (Lipinski definition) is 2. The second kappa shape index (κ2) is 5.99. The van der Waals surface area contributed by atoms with E-state index in [1.807, 2.05) is 0 Å². The van der Waals surface area contributed by atoms with Gasteiger partial charge in [-0.3, -0.25) is 0 Å². The lowest BCUT2D eigenvalue weighted by Crippen LogP contribution is -2.26. The first-order valence-corrected chi connectivity index (χ1v) is 6.01. The molecule has 1 aromatic rings. The van der Waals surface area contributed by atoms with E-state index in [0.29, 0.717) is 6.61 Å². The quantitative estimate of drug-likeness (QED) is 0.757. The number of hydrogen-bond acceptors (Lipinski definition) is 3. The van der Waals surface area contributed by atoms with Crippen LogP contribution in [0.25, 0.3) is 0 Å². The molecule has 1 heterocycles. The van der Waals surface area contributed by atoms with Crippen molar-refractivity contribution in [2.45, 2.75) is 25.2 Å². The molecule has 0 radical (unpaired) electrons. The van der Waals surface area contributed by atoms with Crippen molar-refractivity contribution >= 4 is 0 Å². The van der Waals surface area contributed by atoms with Gasteiger partial charge in [-0.1, -0.05) is 24.3 Å². The van der Waals surface area contributed by atoms with E-state index in [9.17, 15) is 0 Å². The molecule has 1 fully saturated rings. The molecular weight excluding hydrogens is 200 g/mol. The number of nitrogens with one attached hydrogen (secondary N) is 1. The van der Waals surface area contributed by atoms with E-state index < -0.39 is 0 Å². The number of piperidine rings is 1. The third kappa shape index (κ3) is 3.04. The first-order chi connectivity index (χ1) is 7.90. The van der Waals surface area contributed by atoms with Crippen LogP contribution in [0.2, 0.25) is 0 Å². The maximum Gasteiger partial charge on any atom is 0.0719 e. The van der Waals surface area contributed by atoms with Gasteiger partial charge in [0.05, 0.1) is 6.61 Å². The number of nitrogens with two attached hydrogens (primary N) is 1. The average molecular weight is 220 g/mol. The predicted molar refractivity (Wildman–Crippen MR) is 65.1 cm³/mol. The third-order valence-corrected chi connectivity index (χ3v) is 3.30. The van der Waals surface area contributed by atoms with Gasteiger partial charge in [-0.25, -0.2) is 5.90 Å². The van der Waals surface area contributed by atoms with Crippen LogP contribution in [0.1, 0.15) is 29.9 Å². The van der Waals surface area contributed by atoms with Crippen molar-refractivity contribution in [1.82, 2.24) is 5.32 Å². The average Bonchev–Trinajstić information content (AvgIpc) is 2.38. The van der Waals surface area contributed by atoms with Gasteiger partial charge in [0.25, 0.3) is 0 Å². The van der Waals surface area contributed by atoms with Crippen molar-refractivity contribution in [3.63, 3.8) is 0 Å². The molecule has 0 saturated carbocycles. The Morgan fingerprint density at radius 3 is 2.50 bits per heavy atom. The molecule has 0 unspecified atom stereocenters. The molecule has 3 N–H and O–H groups in total. The fourth-order valence-corrected chi connectivity index (χ4v) is 2.29. The Labute approximate surface area is 96.9 Å². The molecular formula is C13H20N2O. The molecule has 1 aliphatic rings. The largest absolute Gasteiger partial charge is 0.317 e. The van der Waals surface area contributed by atoms with Crippen LogP contribution in [-0.2, 0) is 11.3 Å². The van der Waals surface area contributed by atoms with Gasteiger partial charge in [-0.15, -0.1) is 0 Å². The smallest absolute Gasteiger partial charge is 0.0719 e. The highest BCUT2D eigenvalue weighted by atomic mass is 16.6. The van der Waals surface area contributed by atoms with Gasteiger partial charge in [0.1, 0.15) is 0 Å². The van der Waals surface area contributed by atoms with Gasteiger partial charge >= 0.3 is 0 Å². The maximum atomic E-state index is 5.02. The molecule has 0 spiro atoms. The molecule has 0 aromatic heterocycles. The zero-order chi connectivity index (χ0) is 11.2. The third-order valence-electron chi connectivity index (χ3n) is 3.30. The van der Waals surface area contributed by atoms with Gasteiger partial charge < -0.3 is 10.2 Å². The first kappa shape index (κ1) is 11.6. The summed E-state index contributed by atoms with van der Waals surface area (Å²) in [5.74, 6) is 5.75. The Morgan fingerprint density at radius 1 is 1.19 bits per heavy atom. The van der Waals surface area contributed by atoms with Crippen molar-refractivity contribution in [2.24, 2.45) is 5.90 Å². The van der Waals surface area contributed by atoms with E-state index in [1.165, 1.54) is 24.0 Å². The summed E-state index contributed by atoms with van der Waals surface area (Å²) in [6.45, 7) is 2.88. The molecule has 16 heavy (non-hydrogen) atoms. The number of benzene rings is 1. The summed E-state index contributed by atoms with van der Waals surface area (Å²) in [7, 11) is 0. The van der Waals surface area contributed by atoms with Crippen LogP contribution in [0.4, 0.5) is 0 Å². The van der Waals surface area contributed by atoms with Crippen LogP contribution in [0, 0.1) is 0 Å². The van der Waals surface area contributed by atoms with E-state index in [4.69, 9.17) is 5.90 Å². The molecule has 0 amide bonds. The molecule has 3 nitrogen and oxygen atoms in total. The van der Waals surface area contributed by atoms with Gasteiger partial charge in [-0.05, 0) is 49.4 Å². The monoisotopic (exact) mass is 220 g/mol. The Morgan fingerprint density at radius 2 is 1.88 bits per heavy atom. The van der Waals surface area contributed by atoms with Crippen LogP contribution in [0.3, 0.4) is 0 Å². The van der Waals surface area contributed by atoms with Gasteiger partial charge in [0.2, 0.25) is 0 Å². The Hall–Kier alpha value is -0.900. The molecule has 88 valence electrons. The Balaban J connectivity index is 1.95. The fourth-order valence-electron chi connectivity index (χ4n) is 2.29. The van der Waals surface area contributed by atoms with Gasteiger partial charge in [-0.2, -0.15) is 0 Å². The fraction of sp³-hybridized carbons (Fsp3) is 0.538. The highest BCUT2D eigenvalue weighted by molar-refractivity contribution is 5.26. The minimum absolute atomic E-state index is 0.590. The SMILES string of the molecule is NOCCc1ccc(C2CCNCC2)cc1. The van der Waals surface area contributed by atoms with Crippen molar-refractivity contribution in [3.05, 3.63) is 35.4 Å². The number of rotatable bonds is 4. The predicted octanol–water partition coefficient (Wildman–Crippen LogP) is 1.59. The van der Waals surface area contributed by atoms with E-state index in [2.05, 4.69) is 34.4 Å². The van der Waals surface area contributed by atoms with Crippen LogP contribution in [0.5, 0.6) is 0 Å². The van der Waals surface area contributed by atoms with Crippen molar-refractivity contribution in [3.8, 4) is 0 Å². The zero-order valence-corrected chi connectivity index (χ0v) is 9.61. The summed E-state index contributed by atoms with van der Waals surface area (Å²) in [5, 5.41) is 3.39. The van der Waals surface area contributed by atoms with E-state index in [0.717, 1.165) is 25.4 Å². The highest BCUT2D eigenvalue weighted by Gasteiger charge is 2.14. The van der Waals surface area contributed by atoms with Crippen molar-refractivity contribution < 1.29 is 4.84 Å². The molecule has 0 aliphatic carbocycles. The van der Waals surface area contributed by atoms with E-state index in [1.54, 1.807) is 0 Å². The first-order valence-electron chi connectivity index (χ1n) is 6.01. The topological polar surface area (TPSA) is 47.3 Å². The molecule has 1 aromatic carbocycles. The molecule has 1 aliphatic heterocycles. The lowest BCUT2D eigenvalue weighted by Gasteiger charge is -2.23. The molecule has 0 bridgehead atoms.